The summed E-state index contributed by atoms with van der Waals surface area (Å²) in [4.78, 5) is 17.4. The Labute approximate surface area is 126 Å². The summed E-state index contributed by atoms with van der Waals surface area (Å²) in [6.45, 7) is 1.75. The van der Waals surface area contributed by atoms with E-state index in [0.717, 1.165) is 11.1 Å². The van der Waals surface area contributed by atoms with Crippen molar-refractivity contribution in [3.8, 4) is 11.1 Å². The van der Waals surface area contributed by atoms with E-state index in [1.807, 2.05) is 31.4 Å². The molecule has 1 aliphatic carbocycles. The molecule has 0 radical (unpaired) electrons. The zero-order chi connectivity index (χ0) is 15.4. The summed E-state index contributed by atoms with van der Waals surface area (Å²) in [6.07, 6.45) is 3.02. The van der Waals surface area contributed by atoms with Crippen LogP contribution in [0.4, 0.5) is 4.39 Å². The molecule has 2 atom stereocenters. The molecule has 1 aromatic carbocycles. The Balaban J connectivity index is 2.05. The van der Waals surface area contributed by atoms with Crippen molar-refractivity contribution in [3.05, 3.63) is 46.8 Å². The molecule has 22 heavy (non-hydrogen) atoms. The molecule has 3 aromatic rings. The van der Waals surface area contributed by atoms with E-state index >= 15 is 0 Å². The van der Waals surface area contributed by atoms with Gasteiger partial charge in [-0.15, -0.1) is 0 Å². The number of fused-ring (bicyclic) bond motifs is 1. The number of aromatic nitrogens is 4. The second-order valence-corrected chi connectivity index (χ2v) is 5.76. The molecule has 1 fully saturated rings. The third-order valence-electron chi connectivity index (χ3n) is 4.13. The molecule has 0 spiro atoms. The number of hydrogen-bond donors (Lipinski definition) is 0. The Hall–Kier alpha value is -2.50. The van der Waals surface area contributed by atoms with E-state index in [-0.39, 0.29) is 11.6 Å². The number of benzene rings is 1. The van der Waals surface area contributed by atoms with Crippen molar-refractivity contribution < 1.29 is 4.39 Å². The van der Waals surface area contributed by atoms with Crippen LogP contribution in [0.25, 0.3) is 22.0 Å². The SMILES string of the molecule is Cc1nc2cccc(-c3cnn(C)c3)c2c(=O)n1C1CC1F. The Morgan fingerprint density at radius 1 is 1.36 bits per heavy atom. The summed E-state index contributed by atoms with van der Waals surface area (Å²) in [5, 5.41) is 4.68. The van der Waals surface area contributed by atoms with Crippen molar-refractivity contribution in [1.29, 1.82) is 0 Å². The van der Waals surface area contributed by atoms with E-state index in [4.69, 9.17) is 0 Å². The fourth-order valence-corrected chi connectivity index (χ4v) is 2.96. The molecular weight excluding hydrogens is 283 g/mol. The van der Waals surface area contributed by atoms with Crippen LogP contribution in [0.1, 0.15) is 18.3 Å². The summed E-state index contributed by atoms with van der Waals surface area (Å²) in [6, 6.07) is 5.19. The van der Waals surface area contributed by atoms with Crippen LogP contribution < -0.4 is 5.56 Å². The van der Waals surface area contributed by atoms with Crippen molar-refractivity contribution in [2.75, 3.05) is 0 Å². The van der Waals surface area contributed by atoms with E-state index in [1.54, 1.807) is 17.8 Å². The number of aryl methyl sites for hydroxylation is 2. The average molecular weight is 298 g/mol. The number of hydrogen-bond acceptors (Lipinski definition) is 3. The molecule has 6 heteroatoms. The summed E-state index contributed by atoms with van der Waals surface area (Å²) >= 11 is 0. The second-order valence-electron chi connectivity index (χ2n) is 5.76. The van der Waals surface area contributed by atoms with Gasteiger partial charge in [-0.1, -0.05) is 12.1 Å². The number of rotatable bonds is 2. The first-order valence-corrected chi connectivity index (χ1v) is 7.21. The fourth-order valence-electron chi connectivity index (χ4n) is 2.96. The summed E-state index contributed by atoms with van der Waals surface area (Å²) in [7, 11) is 1.83. The third kappa shape index (κ3) is 1.87. The minimum Gasteiger partial charge on any atom is -0.290 e. The number of nitrogens with zero attached hydrogens (tertiary/aromatic N) is 4. The van der Waals surface area contributed by atoms with Gasteiger partial charge in [0.25, 0.3) is 5.56 Å². The zero-order valence-corrected chi connectivity index (χ0v) is 12.3. The molecule has 1 saturated carbocycles. The third-order valence-corrected chi connectivity index (χ3v) is 4.13. The zero-order valence-electron chi connectivity index (χ0n) is 12.3. The minimum atomic E-state index is -0.943. The second kappa shape index (κ2) is 4.50. The van der Waals surface area contributed by atoms with Crippen LogP contribution in [0.3, 0.4) is 0 Å². The molecule has 0 aliphatic heterocycles. The van der Waals surface area contributed by atoms with Gasteiger partial charge in [0.2, 0.25) is 0 Å². The van der Waals surface area contributed by atoms with Crippen LogP contribution in [-0.2, 0) is 7.05 Å². The van der Waals surface area contributed by atoms with E-state index in [2.05, 4.69) is 10.1 Å². The fraction of sp³-hybridized carbons (Fsp3) is 0.312. The van der Waals surface area contributed by atoms with Gasteiger partial charge < -0.3 is 0 Å². The highest BCUT2D eigenvalue weighted by Crippen LogP contribution is 2.39. The highest BCUT2D eigenvalue weighted by molar-refractivity contribution is 5.93. The van der Waals surface area contributed by atoms with Gasteiger partial charge in [-0.2, -0.15) is 5.10 Å². The van der Waals surface area contributed by atoms with Crippen molar-refractivity contribution in [2.24, 2.45) is 7.05 Å². The molecule has 2 aromatic heterocycles. The van der Waals surface area contributed by atoms with Crippen LogP contribution in [-0.4, -0.2) is 25.5 Å². The van der Waals surface area contributed by atoms with Gasteiger partial charge in [-0.25, -0.2) is 9.37 Å². The topological polar surface area (TPSA) is 52.7 Å². The molecule has 4 rings (SSSR count). The Kier molecular flexibility index (Phi) is 2.69. The molecule has 0 bridgehead atoms. The smallest absolute Gasteiger partial charge is 0.262 e. The molecule has 0 saturated heterocycles. The van der Waals surface area contributed by atoms with E-state index in [1.165, 1.54) is 4.57 Å². The molecule has 1 aliphatic rings. The maximum Gasteiger partial charge on any atom is 0.262 e. The maximum atomic E-state index is 13.4. The molecule has 0 N–H and O–H groups in total. The lowest BCUT2D eigenvalue weighted by atomic mass is 10.0. The van der Waals surface area contributed by atoms with Crippen LogP contribution in [0.5, 0.6) is 0 Å². The number of halogens is 1. The molecular formula is C16H15FN4O. The lowest BCUT2D eigenvalue weighted by Crippen LogP contribution is -2.24. The lowest BCUT2D eigenvalue weighted by molar-refractivity contribution is 0.434. The first-order chi connectivity index (χ1) is 10.6. The molecule has 5 nitrogen and oxygen atoms in total. The van der Waals surface area contributed by atoms with E-state index < -0.39 is 6.17 Å². The summed E-state index contributed by atoms with van der Waals surface area (Å²) in [5.41, 5.74) is 2.10. The molecule has 2 unspecified atom stereocenters. The average Bonchev–Trinajstić information content (AvgIpc) is 3.02. The largest absolute Gasteiger partial charge is 0.290 e. The highest BCUT2D eigenvalue weighted by atomic mass is 19.1. The first-order valence-electron chi connectivity index (χ1n) is 7.21. The van der Waals surface area contributed by atoms with Crippen LogP contribution in [0.15, 0.2) is 35.4 Å². The predicted molar refractivity (Wildman–Crippen MR) is 81.5 cm³/mol. The normalized spacial score (nSPS) is 20.5. The van der Waals surface area contributed by atoms with Gasteiger partial charge >= 0.3 is 0 Å². The number of alkyl halides is 1. The lowest BCUT2D eigenvalue weighted by Gasteiger charge is -2.11. The molecule has 2 heterocycles. The Bertz CT molecular complexity index is 943. The van der Waals surface area contributed by atoms with Crippen molar-refractivity contribution >= 4 is 10.9 Å². The van der Waals surface area contributed by atoms with Crippen molar-refractivity contribution in [1.82, 2.24) is 19.3 Å². The van der Waals surface area contributed by atoms with E-state index in [0.29, 0.717) is 23.1 Å². The van der Waals surface area contributed by atoms with Gasteiger partial charge in [0.05, 0.1) is 23.1 Å². The van der Waals surface area contributed by atoms with Crippen molar-refractivity contribution in [3.63, 3.8) is 0 Å². The van der Waals surface area contributed by atoms with Crippen LogP contribution >= 0.6 is 0 Å². The predicted octanol–water partition coefficient (Wildman–Crippen LogP) is 2.39. The first kappa shape index (κ1) is 13.2. The van der Waals surface area contributed by atoms with Crippen LogP contribution in [0, 0.1) is 6.92 Å². The monoisotopic (exact) mass is 298 g/mol. The van der Waals surface area contributed by atoms with Gasteiger partial charge in [-0.05, 0) is 18.6 Å². The highest BCUT2D eigenvalue weighted by Gasteiger charge is 2.41. The summed E-state index contributed by atoms with van der Waals surface area (Å²) in [5.74, 6) is 0.561. The summed E-state index contributed by atoms with van der Waals surface area (Å²) < 4.78 is 16.6. The van der Waals surface area contributed by atoms with Crippen LogP contribution in [0.2, 0.25) is 0 Å². The van der Waals surface area contributed by atoms with Gasteiger partial charge in [0, 0.05) is 25.2 Å². The Morgan fingerprint density at radius 2 is 2.14 bits per heavy atom. The van der Waals surface area contributed by atoms with Crippen molar-refractivity contribution in [2.45, 2.75) is 25.6 Å². The minimum absolute atomic E-state index is 0.174. The maximum absolute atomic E-state index is 13.4. The quantitative estimate of drug-likeness (QED) is 0.730. The molecule has 112 valence electrons. The van der Waals surface area contributed by atoms with Gasteiger partial charge in [0.1, 0.15) is 12.0 Å². The van der Waals surface area contributed by atoms with E-state index in [9.17, 15) is 9.18 Å². The van der Waals surface area contributed by atoms with Gasteiger partial charge in [0.15, 0.2) is 0 Å². The standard InChI is InChI=1S/C16H15FN4O/c1-9-19-13-5-3-4-11(10-7-18-20(2)8-10)15(13)16(22)21(9)14-6-12(14)17/h3-5,7-8,12,14H,6H2,1-2H3. The Morgan fingerprint density at radius 3 is 2.77 bits per heavy atom. The molecule has 0 amide bonds. The van der Waals surface area contributed by atoms with Gasteiger partial charge in [-0.3, -0.25) is 14.0 Å².